The summed E-state index contributed by atoms with van der Waals surface area (Å²) in [6.07, 6.45) is 12.9. The second-order valence-corrected chi connectivity index (χ2v) is 5.12. The fourth-order valence-corrected chi connectivity index (χ4v) is 3.09. The summed E-state index contributed by atoms with van der Waals surface area (Å²) in [5.41, 5.74) is 2.29. The van der Waals surface area contributed by atoms with Gasteiger partial charge in [-0.25, -0.2) is 0 Å². The van der Waals surface area contributed by atoms with Gasteiger partial charge in [-0.2, -0.15) is 0 Å². The van der Waals surface area contributed by atoms with Crippen LogP contribution in [0.25, 0.3) is 6.08 Å². The molecule has 1 aromatic rings. The molecule has 0 bridgehead atoms. The van der Waals surface area contributed by atoms with Gasteiger partial charge < -0.3 is 5.11 Å². The van der Waals surface area contributed by atoms with Crippen molar-refractivity contribution < 1.29 is 9.90 Å². The summed E-state index contributed by atoms with van der Waals surface area (Å²) < 4.78 is 0. The van der Waals surface area contributed by atoms with Crippen LogP contribution < -0.4 is 0 Å². The summed E-state index contributed by atoms with van der Waals surface area (Å²) in [6, 6.07) is 8.11. The summed E-state index contributed by atoms with van der Waals surface area (Å²) in [5.74, 6) is -0.166. The average Bonchev–Trinajstić information content (AvgIpc) is 2.57. The molecule has 0 saturated carbocycles. The van der Waals surface area contributed by atoms with Gasteiger partial charge in [0.15, 0.2) is 0 Å². The maximum atomic E-state index is 11.2. The second-order valence-electron chi connectivity index (χ2n) is 5.12. The third-order valence-electron chi connectivity index (χ3n) is 3.97. The fraction of sp³-hybridized carbons (Fsp3) is 0.235. The summed E-state index contributed by atoms with van der Waals surface area (Å²) in [5, 5.41) is 9.21. The van der Waals surface area contributed by atoms with Crippen molar-refractivity contribution in [3.8, 4) is 0 Å². The van der Waals surface area contributed by atoms with Gasteiger partial charge in [-0.15, -0.1) is 0 Å². The minimum absolute atomic E-state index is 0.0369. The zero-order chi connectivity index (χ0) is 13.2. The van der Waals surface area contributed by atoms with E-state index in [4.69, 9.17) is 0 Å². The molecule has 0 heterocycles. The predicted molar refractivity (Wildman–Crippen MR) is 75.7 cm³/mol. The highest BCUT2D eigenvalue weighted by Crippen LogP contribution is 2.41. The molecule has 3 atom stereocenters. The van der Waals surface area contributed by atoms with Gasteiger partial charge in [0.1, 0.15) is 0 Å². The monoisotopic (exact) mass is 252 g/mol. The van der Waals surface area contributed by atoms with Crippen molar-refractivity contribution in [3.63, 3.8) is 0 Å². The first-order chi connectivity index (χ1) is 9.25. The number of carboxylic acid groups (broad SMARTS) is 1. The molecule has 0 spiro atoms. The van der Waals surface area contributed by atoms with Crippen LogP contribution in [0.15, 0.2) is 54.6 Å². The Bertz CT molecular complexity index is 581. The molecule has 0 aliphatic heterocycles. The number of hydrogen-bond acceptors (Lipinski definition) is 1. The van der Waals surface area contributed by atoms with E-state index in [1.807, 2.05) is 24.3 Å². The molecule has 1 N–H and O–H groups in total. The second kappa shape index (κ2) is 4.88. The molecule has 3 rings (SSSR count). The largest absolute Gasteiger partial charge is 0.481 e. The Morgan fingerprint density at radius 1 is 1.11 bits per heavy atom. The molecule has 0 aromatic heterocycles. The Morgan fingerprint density at radius 2 is 1.89 bits per heavy atom. The number of allylic oxidation sites excluding steroid dienone is 5. The lowest BCUT2D eigenvalue weighted by Gasteiger charge is -2.28. The number of rotatable bonds is 2. The highest BCUT2D eigenvalue weighted by atomic mass is 16.4. The third kappa shape index (κ3) is 2.26. The molecule has 0 amide bonds. The molecular weight excluding hydrogens is 236 g/mol. The lowest BCUT2D eigenvalue weighted by atomic mass is 9.75. The lowest BCUT2D eigenvalue weighted by molar-refractivity contribution is -0.137. The first-order valence-electron chi connectivity index (χ1n) is 6.59. The average molecular weight is 252 g/mol. The zero-order valence-electron chi connectivity index (χ0n) is 10.6. The van der Waals surface area contributed by atoms with Crippen molar-refractivity contribution in [2.75, 3.05) is 0 Å². The van der Waals surface area contributed by atoms with Crippen molar-refractivity contribution in [2.45, 2.75) is 12.3 Å². The molecule has 1 aromatic carbocycles. The SMILES string of the molecule is O=C(O)CC1c2ccccc2C=CC2C=CC=CC21. The first-order valence-corrected chi connectivity index (χ1v) is 6.59. The minimum Gasteiger partial charge on any atom is -0.481 e. The van der Waals surface area contributed by atoms with Crippen LogP contribution in [0.1, 0.15) is 23.5 Å². The first kappa shape index (κ1) is 12.0. The van der Waals surface area contributed by atoms with Crippen LogP contribution in [0, 0.1) is 11.8 Å². The number of hydrogen-bond donors (Lipinski definition) is 1. The predicted octanol–water partition coefficient (Wildman–Crippen LogP) is 3.63. The van der Waals surface area contributed by atoms with E-state index >= 15 is 0 Å². The van der Waals surface area contributed by atoms with Crippen LogP contribution >= 0.6 is 0 Å². The summed E-state index contributed by atoms with van der Waals surface area (Å²) in [6.45, 7) is 0. The van der Waals surface area contributed by atoms with Crippen LogP contribution in [0.4, 0.5) is 0 Å². The van der Waals surface area contributed by atoms with E-state index in [2.05, 4.69) is 36.4 Å². The minimum atomic E-state index is -0.733. The van der Waals surface area contributed by atoms with Crippen LogP contribution in [0.3, 0.4) is 0 Å². The fourth-order valence-electron chi connectivity index (χ4n) is 3.09. The topological polar surface area (TPSA) is 37.3 Å². The highest BCUT2D eigenvalue weighted by molar-refractivity contribution is 5.69. The number of benzene rings is 1. The number of carbonyl (C=O) groups is 1. The summed E-state index contributed by atoms with van der Waals surface area (Å²) in [4.78, 5) is 11.2. The van der Waals surface area contributed by atoms with E-state index in [0.29, 0.717) is 5.92 Å². The van der Waals surface area contributed by atoms with E-state index in [1.165, 1.54) is 0 Å². The Labute approximate surface area is 112 Å². The molecule has 0 saturated heterocycles. The maximum absolute atomic E-state index is 11.2. The van der Waals surface area contributed by atoms with Gasteiger partial charge in [0.25, 0.3) is 0 Å². The van der Waals surface area contributed by atoms with E-state index in [9.17, 15) is 9.90 Å². The van der Waals surface area contributed by atoms with E-state index in [-0.39, 0.29) is 18.3 Å². The van der Waals surface area contributed by atoms with Crippen LogP contribution in [0.2, 0.25) is 0 Å². The van der Waals surface area contributed by atoms with Gasteiger partial charge in [-0.1, -0.05) is 60.7 Å². The molecule has 96 valence electrons. The van der Waals surface area contributed by atoms with Gasteiger partial charge in [0.2, 0.25) is 0 Å². The molecule has 3 unspecified atom stereocenters. The van der Waals surface area contributed by atoms with E-state index in [0.717, 1.165) is 11.1 Å². The van der Waals surface area contributed by atoms with Crippen LogP contribution in [-0.4, -0.2) is 11.1 Å². The van der Waals surface area contributed by atoms with Gasteiger partial charge in [0.05, 0.1) is 6.42 Å². The van der Waals surface area contributed by atoms with Gasteiger partial charge in [-0.05, 0) is 17.0 Å². The molecule has 0 radical (unpaired) electrons. The van der Waals surface area contributed by atoms with Crippen molar-refractivity contribution in [1.82, 2.24) is 0 Å². The summed E-state index contributed by atoms with van der Waals surface area (Å²) in [7, 11) is 0. The normalized spacial score (nSPS) is 27.5. The highest BCUT2D eigenvalue weighted by Gasteiger charge is 2.31. The van der Waals surface area contributed by atoms with Gasteiger partial charge in [-0.3, -0.25) is 4.79 Å². The van der Waals surface area contributed by atoms with E-state index < -0.39 is 5.97 Å². The van der Waals surface area contributed by atoms with Gasteiger partial charge in [0, 0.05) is 11.8 Å². The Morgan fingerprint density at radius 3 is 2.74 bits per heavy atom. The zero-order valence-corrected chi connectivity index (χ0v) is 10.6. The smallest absolute Gasteiger partial charge is 0.303 e. The molecule has 2 heteroatoms. The van der Waals surface area contributed by atoms with E-state index in [1.54, 1.807) is 0 Å². The van der Waals surface area contributed by atoms with Crippen LogP contribution in [-0.2, 0) is 4.79 Å². The van der Waals surface area contributed by atoms with Crippen molar-refractivity contribution in [1.29, 1.82) is 0 Å². The van der Waals surface area contributed by atoms with Gasteiger partial charge >= 0.3 is 5.97 Å². The van der Waals surface area contributed by atoms with Crippen molar-refractivity contribution in [3.05, 3.63) is 65.8 Å². The molecule has 2 nitrogen and oxygen atoms in total. The molecule has 0 fully saturated rings. The molecular formula is C17H16O2. The Kier molecular flexibility index (Phi) is 3.08. The number of aliphatic carboxylic acids is 1. The quantitative estimate of drug-likeness (QED) is 0.872. The molecule has 19 heavy (non-hydrogen) atoms. The van der Waals surface area contributed by atoms with Crippen LogP contribution in [0.5, 0.6) is 0 Å². The van der Waals surface area contributed by atoms with Crippen molar-refractivity contribution in [2.24, 2.45) is 11.8 Å². The lowest BCUT2D eigenvalue weighted by Crippen LogP contribution is -2.21. The third-order valence-corrected chi connectivity index (χ3v) is 3.97. The molecule has 2 aliphatic rings. The number of carboxylic acids is 1. The Hall–Kier alpha value is -2.09. The summed E-state index contributed by atoms with van der Waals surface area (Å²) >= 11 is 0. The van der Waals surface area contributed by atoms with Crippen molar-refractivity contribution >= 4 is 12.0 Å². The maximum Gasteiger partial charge on any atom is 0.303 e. The Balaban J connectivity index is 2.08. The standard InChI is InChI=1S/C17H16O2/c18-17(19)11-16-14-7-3-1-5-12(14)9-10-13-6-2-4-8-15(13)16/h1-10,12,14,16H,11H2,(H,18,19). The molecule has 2 aliphatic carbocycles. The number of fused-ring (bicyclic) bond motifs is 2.